The Hall–Kier alpha value is -2.59. The molecule has 0 aliphatic rings. The van der Waals surface area contributed by atoms with E-state index in [0.29, 0.717) is 32.8 Å². The van der Waals surface area contributed by atoms with Gasteiger partial charge in [-0.05, 0) is 42.9 Å². The van der Waals surface area contributed by atoms with Crippen molar-refractivity contribution >= 4 is 61.5 Å². The molecular formula is C18H15ClN6OS2. The third kappa shape index (κ3) is 3.83. The predicted octanol–water partition coefficient (Wildman–Crippen LogP) is 4.02. The molecule has 4 N–H and O–H groups in total. The number of benzene rings is 1. The molecule has 0 saturated carbocycles. The summed E-state index contributed by atoms with van der Waals surface area (Å²) in [6, 6.07) is 9.24. The number of thiophene rings is 1. The van der Waals surface area contributed by atoms with Crippen molar-refractivity contribution in [2.24, 2.45) is 0 Å². The van der Waals surface area contributed by atoms with E-state index in [4.69, 9.17) is 17.3 Å². The van der Waals surface area contributed by atoms with E-state index in [2.05, 4.69) is 25.6 Å². The van der Waals surface area contributed by atoms with Crippen molar-refractivity contribution in [3.8, 4) is 10.6 Å². The van der Waals surface area contributed by atoms with Gasteiger partial charge in [0.05, 0.1) is 25.2 Å². The van der Waals surface area contributed by atoms with Crippen molar-refractivity contribution in [1.82, 2.24) is 20.3 Å². The van der Waals surface area contributed by atoms with E-state index in [9.17, 15) is 4.79 Å². The summed E-state index contributed by atoms with van der Waals surface area (Å²) >= 11 is 9.05. The van der Waals surface area contributed by atoms with Crippen LogP contribution in [-0.2, 0) is 6.54 Å². The first-order valence-electron chi connectivity index (χ1n) is 8.27. The first-order valence-corrected chi connectivity index (χ1v) is 10.3. The summed E-state index contributed by atoms with van der Waals surface area (Å²) < 4.78 is 0.927. The van der Waals surface area contributed by atoms with Gasteiger partial charge in [0.15, 0.2) is 5.13 Å². The van der Waals surface area contributed by atoms with Crippen LogP contribution in [0.25, 0.3) is 20.8 Å². The Balaban J connectivity index is 1.56. The van der Waals surface area contributed by atoms with E-state index < -0.39 is 0 Å². The fourth-order valence-corrected chi connectivity index (χ4v) is 4.83. The molecule has 28 heavy (non-hydrogen) atoms. The first kappa shape index (κ1) is 18.8. The predicted molar refractivity (Wildman–Crippen MR) is 115 cm³/mol. The third-order valence-electron chi connectivity index (χ3n) is 3.87. The van der Waals surface area contributed by atoms with Crippen LogP contribution in [0.3, 0.4) is 0 Å². The van der Waals surface area contributed by atoms with E-state index in [-0.39, 0.29) is 11.9 Å². The zero-order chi connectivity index (χ0) is 19.7. The Bertz CT molecular complexity index is 1170. The summed E-state index contributed by atoms with van der Waals surface area (Å²) in [6.45, 7) is 0.709. The number of nitrogens with zero attached hydrogens (tertiary/aromatic N) is 3. The first-order chi connectivity index (χ1) is 13.5. The lowest BCUT2D eigenvalue weighted by atomic mass is 10.2. The van der Waals surface area contributed by atoms with Gasteiger partial charge in [0.25, 0.3) is 5.91 Å². The zero-order valence-corrected chi connectivity index (χ0v) is 17.1. The number of carbonyl (C=O) groups is 1. The maximum atomic E-state index is 12.6. The van der Waals surface area contributed by atoms with Gasteiger partial charge in [0, 0.05) is 12.7 Å². The maximum absolute atomic E-state index is 12.6. The van der Waals surface area contributed by atoms with E-state index in [0.717, 1.165) is 15.1 Å². The molecule has 0 saturated heterocycles. The van der Waals surface area contributed by atoms with Gasteiger partial charge in [-0.15, -0.1) is 11.3 Å². The summed E-state index contributed by atoms with van der Waals surface area (Å²) in [4.78, 5) is 26.5. The number of hydrogen-bond donors (Lipinski definition) is 3. The summed E-state index contributed by atoms with van der Waals surface area (Å²) in [6.07, 6.45) is 1.59. The minimum Gasteiger partial charge on any atom is -0.368 e. The van der Waals surface area contributed by atoms with Crippen molar-refractivity contribution < 1.29 is 4.79 Å². The number of carbonyl (C=O) groups excluding carboxylic acids is 1. The molecule has 0 unspecified atom stereocenters. The molecule has 0 atom stereocenters. The molecule has 0 aliphatic heterocycles. The topological polar surface area (TPSA) is 106 Å². The van der Waals surface area contributed by atoms with Crippen LogP contribution in [0.1, 0.15) is 15.2 Å². The smallest absolute Gasteiger partial charge is 0.267 e. The highest BCUT2D eigenvalue weighted by molar-refractivity contribution is 7.22. The molecule has 10 heteroatoms. The van der Waals surface area contributed by atoms with Gasteiger partial charge < -0.3 is 11.1 Å². The van der Waals surface area contributed by atoms with Gasteiger partial charge in [-0.25, -0.2) is 15.0 Å². The van der Waals surface area contributed by atoms with E-state index in [1.54, 1.807) is 18.3 Å². The highest BCUT2D eigenvalue weighted by atomic mass is 35.5. The third-order valence-corrected chi connectivity index (χ3v) is 6.18. The molecule has 1 amide bonds. The van der Waals surface area contributed by atoms with Gasteiger partial charge in [-0.3, -0.25) is 10.1 Å². The number of anilines is 2. The summed E-state index contributed by atoms with van der Waals surface area (Å²) in [7, 11) is 1.88. The largest absolute Gasteiger partial charge is 0.368 e. The van der Waals surface area contributed by atoms with Crippen LogP contribution < -0.4 is 16.4 Å². The number of nitrogen functional groups attached to an aromatic ring is 1. The monoisotopic (exact) mass is 430 g/mol. The van der Waals surface area contributed by atoms with Gasteiger partial charge in [0.2, 0.25) is 5.95 Å². The van der Waals surface area contributed by atoms with E-state index >= 15 is 0 Å². The molecule has 0 fully saturated rings. The average Bonchev–Trinajstić information content (AvgIpc) is 3.29. The Morgan fingerprint density at radius 2 is 2.07 bits per heavy atom. The number of halogens is 1. The number of nitrogens with two attached hydrogens (primary N) is 1. The van der Waals surface area contributed by atoms with E-state index in [1.165, 1.54) is 22.7 Å². The molecule has 0 aliphatic carbocycles. The number of thiazole rings is 1. The molecule has 0 spiro atoms. The molecule has 0 bridgehead atoms. The van der Waals surface area contributed by atoms with E-state index in [1.807, 2.05) is 25.2 Å². The molecule has 142 valence electrons. The van der Waals surface area contributed by atoms with Gasteiger partial charge in [0.1, 0.15) is 5.52 Å². The van der Waals surface area contributed by atoms with Crippen LogP contribution in [-0.4, -0.2) is 27.9 Å². The van der Waals surface area contributed by atoms with Crippen LogP contribution in [0.15, 0.2) is 36.5 Å². The second-order valence-electron chi connectivity index (χ2n) is 5.89. The van der Waals surface area contributed by atoms with Crippen LogP contribution in [0.5, 0.6) is 0 Å². The Labute approximate surface area is 173 Å². The second kappa shape index (κ2) is 7.80. The highest BCUT2D eigenvalue weighted by Crippen LogP contribution is 2.33. The second-order valence-corrected chi connectivity index (χ2v) is 8.41. The van der Waals surface area contributed by atoms with Crippen LogP contribution in [0, 0.1) is 0 Å². The number of amides is 1. The molecule has 7 nitrogen and oxygen atoms in total. The molecule has 4 rings (SSSR count). The number of hydrogen-bond acceptors (Lipinski definition) is 8. The SMILES string of the molecule is CNCc1cc(Cl)c2nc(NC(=O)c3ccc(-c4ccnc(N)n4)s3)sc2c1. The van der Waals surface area contributed by atoms with Gasteiger partial charge in [-0.1, -0.05) is 22.9 Å². The minimum absolute atomic E-state index is 0.195. The number of fused-ring (bicyclic) bond motifs is 1. The van der Waals surface area contributed by atoms with Crippen molar-refractivity contribution in [1.29, 1.82) is 0 Å². The molecular weight excluding hydrogens is 416 g/mol. The van der Waals surface area contributed by atoms with Crippen LogP contribution >= 0.6 is 34.3 Å². The quantitative estimate of drug-likeness (QED) is 0.441. The molecule has 1 aromatic carbocycles. The number of rotatable bonds is 5. The minimum atomic E-state index is -0.232. The Morgan fingerprint density at radius 1 is 1.21 bits per heavy atom. The number of aromatic nitrogens is 3. The fraction of sp³-hybridized carbons (Fsp3) is 0.111. The Morgan fingerprint density at radius 3 is 2.86 bits per heavy atom. The molecule has 0 radical (unpaired) electrons. The fourth-order valence-electron chi connectivity index (χ4n) is 2.67. The maximum Gasteiger partial charge on any atom is 0.267 e. The molecule has 3 heterocycles. The normalized spacial score (nSPS) is 11.1. The van der Waals surface area contributed by atoms with Crippen molar-refractivity contribution in [3.63, 3.8) is 0 Å². The lowest BCUT2D eigenvalue weighted by Crippen LogP contribution is -2.09. The van der Waals surface area contributed by atoms with Crippen molar-refractivity contribution in [2.45, 2.75) is 6.54 Å². The van der Waals surface area contributed by atoms with Crippen molar-refractivity contribution in [3.05, 3.63) is 52.0 Å². The average molecular weight is 431 g/mol. The summed E-state index contributed by atoms with van der Waals surface area (Å²) in [5.41, 5.74) is 8.05. The van der Waals surface area contributed by atoms with Crippen LogP contribution in [0.2, 0.25) is 5.02 Å². The molecule has 4 aromatic rings. The summed E-state index contributed by atoms with van der Waals surface area (Å²) in [5, 5.41) is 7.02. The molecule has 3 aromatic heterocycles. The highest BCUT2D eigenvalue weighted by Gasteiger charge is 2.15. The standard InChI is InChI=1S/C18H15ClN6OS2/c1-21-8-9-6-10(19)15-14(7-9)28-18(24-15)25-16(26)13-3-2-12(27-13)11-4-5-22-17(20)23-11/h2-7,21H,8H2,1H3,(H2,20,22,23)(H,24,25,26). The summed E-state index contributed by atoms with van der Waals surface area (Å²) in [5.74, 6) is -0.0372. The van der Waals surface area contributed by atoms with Gasteiger partial charge in [-0.2, -0.15) is 0 Å². The lowest BCUT2D eigenvalue weighted by Gasteiger charge is -2.00. The zero-order valence-electron chi connectivity index (χ0n) is 14.7. The van der Waals surface area contributed by atoms with Gasteiger partial charge >= 0.3 is 0 Å². The number of nitrogens with one attached hydrogen (secondary N) is 2. The Kier molecular flexibility index (Phi) is 5.23. The van der Waals surface area contributed by atoms with Crippen molar-refractivity contribution in [2.75, 3.05) is 18.1 Å². The lowest BCUT2D eigenvalue weighted by molar-refractivity contribution is 0.103. The van der Waals surface area contributed by atoms with Crippen LogP contribution in [0.4, 0.5) is 11.1 Å².